The van der Waals surface area contributed by atoms with Crippen molar-refractivity contribution < 1.29 is 4.39 Å². The van der Waals surface area contributed by atoms with Crippen molar-refractivity contribution in [2.75, 3.05) is 11.9 Å². The summed E-state index contributed by atoms with van der Waals surface area (Å²) < 4.78 is 12.5. The molecule has 4 heteroatoms. The second kappa shape index (κ2) is 5.10. The minimum absolute atomic E-state index is 0.260. The van der Waals surface area contributed by atoms with Crippen molar-refractivity contribution in [3.8, 4) is 0 Å². The van der Waals surface area contributed by atoms with Gasteiger partial charge in [0.25, 0.3) is 0 Å². The second-order valence-electron chi connectivity index (χ2n) is 2.42. The highest BCUT2D eigenvalue weighted by molar-refractivity contribution is 6.36. The van der Waals surface area contributed by atoms with Crippen molar-refractivity contribution in [2.24, 2.45) is 0 Å². The Kier molecular flexibility index (Phi) is 4.06. The summed E-state index contributed by atoms with van der Waals surface area (Å²) in [6.45, 7) is 0.441. The Morgan fingerprint density at radius 2 is 2.00 bits per heavy atom. The molecule has 0 aliphatic carbocycles. The molecule has 0 bridgehead atoms. The summed E-state index contributed by atoms with van der Waals surface area (Å²) in [5.74, 6) is -0.260. The van der Waals surface area contributed by atoms with Crippen LogP contribution in [-0.2, 0) is 0 Å². The Bertz CT molecular complexity index is 295. The van der Waals surface area contributed by atoms with Crippen molar-refractivity contribution in [1.82, 2.24) is 0 Å². The third-order valence-corrected chi connectivity index (χ3v) is 2.04. The molecule has 13 heavy (non-hydrogen) atoms. The Morgan fingerprint density at radius 3 is 2.54 bits per heavy atom. The number of benzene rings is 1. The first-order valence-corrected chi connectivity index (χ1v) is 4.48. The monoisotopic (exact) mass is 219 g/mol. The number of hydrogen-bond acceptors (Lipinski definition) is 1. The van der Waals surface area contributed by atoms with Crippen LogP contribution in [0.25, 0.3) is 0 Å². The highest BCUT2D eigenvalue weighted by Crippen LogP contribution is 2.10. The second-order valence-corrected chi connectivity index (χ2v) is 3.12. The van der Waals surface area contributed by atoms with Gasteiger partial charge in [0.1, 0.15) is 5.82 Å². The van der Waals surface area contributed by atoms with Crippen molar-refractivity contribution in [1.29, 1.82) is 0 Å². The van der Waals surface area contributed by atoms with E-state index in [1.54, 1.807) is 12.1 Å². The van der Waals surface area contributed by atoms with Gasteiger partial charge in [0.05, 0.1) is 6.54 Å². The predicted octanol–water partition coefficient (Wildman–Crippen LogP) is 3.56. The van der Waals surface area contributed by atoms with E-state index in [0.29, 0.717) is 11.6 Å². The zero-order valence-electron chi connectivity index (χ0n) is 6.73. The molecule has 0 radical (unpaired) electrons. The lowest BCUT2D eigenvalue weighted by Gasteiger charge is -2.03. The molecule has 0 saturated carbocycles. The van der Waals surface area contributed by atoms with E-state index in [1.165, 1.54) is 17.7 Å². The summed E-state index contributed by atoms with van der Waals surface area (Å²) in [5, 5.41) is 3.48. The van der Waals surface area contributed by atoms with Gasteiger partial charge < -0.3 is 5.32 Å². The fourth-order valence-corrected chi connectivity index (χ4v) is 0.937. The maximum absolute atomic E-state index is 12.5. The maximum atomic E-state index is 12.5. The fourth-order valence-electron chi connectivity index (χ4n) is 0.793. The summed E-state index contributed by atoms with van der Waals surface area (Å²) in [6, 6.07) is 6.02. The molecule has 0 aliphatic rings. The minimum Gasteiger partial charge on any atom is -0.380 e. The van der Waals surface area contributed by atoms with Crippen LogP contribution in [0.15, 0.2) is 34.8 Å². The van der Waals surface area contributed by atoms with Crippen LogP contribution in [0.2, 0.25) is 0 Å². The third-order valence-electron chi connectivity index (χ3n) is 1.42. The lowest BCUT2D eigenvalue weighted by Crippen LogP contribution is -2.00. The maximum Gasteiger partial charge on any atom is 0.123 e. The van der Waals surface area contributed by atoms with Crippen LogP contribution in [0.3, 0.4) is 0 Å². The van der Waals surface area contributed by atoms with Gasteiger partial charge in [0.2, 0.25) is 0 Å². The first kappa shape index (κ1) is 10.4. The van der Waals surface area contributed by atoms with E-state index in [0.717, 1.165) is 5.69 Å². The van der Waals surface area contributed by atoms with Gasteiger partial charge in [-0.3, -0.25) is 0 Å². The molecule has 0 atom stereocenters. The molecule has 0 spiro atoms. The van der Waals surface area contributed by atoms with E-state index in [4.69, 9.17) is 23.2 Å². The van der Waals surface area contributed by atoms with E-state index < -0.39 is 0 Å². The van der Waals surface area contributed by atoms with Crippen LogP contribution in [0.5, 0.6) is 0 Å². The van der Waals surface area contributed by atoms with Gasteiger partial charge in [-0.25, -0.2) is 4.39 Å². The zero-order chi connectivity index (χ0) is 9.68. The molecule has 0 amide bonds. The van der Waals surface area contributed by atoms with E-state index in [1.807, 2.05) is 0 Å². The summed E-state index contributed by atoms with van der Waals surface area (Å²) in [4.78, 5) is 0. The third kappa shape index (κ3) is 3.66. The van der Waals surface area contributed by atoms with Gasteiger partial charge in [-0.05, 0) is 24.3 Å². The van der Waals surface area contributed by atoms with E-state index in [9.17, 15) is 4.39 Å². The number of nitrogens with one attached hydrogen (secondary N) is 1. The molecule has 1 N–H and O–H groups in total. The topological polar surface area (TPSA) is 12.0 Å². The lowest BCUT2D eigenvalue weighted by atomic mass is 10.3. The van der Waals surface area contributed by atoms with E-state index >= 15 is 0 Å². The summed E-state index contributed by atoms with van der Waals surface area (Å²) >= 11 is 11.0. The van der Waals surface area contributed by atoms with Gasteiger partial charge in [-0.15, -0.1) is 0 Å². The van der Waals surface area contributed by atoms with Crippen molar-refractivity contribution >= 4 is 28.9 Å². The minimum atomic E-state index is -0.260. The standard InChI is InChI=1S/C9H8Cl2FN/c10-5-7(11)6-13-9-3-1-8(12)2-4-9/h1-5,13H,6H2. The van der Waals surface area contributed by atoms with Gasteiger partial charge in [0.15, 0.2) is 0 Å². The van der Waals surface area contributed by atoms with Gasteiger partial charge in [-0.2, -0.15) is 0 Å². The summed E-state index contributed by atoms with van der Waals surface area (Å²) in [7, 11) is 0. The molecule has 1 rings (SSSR count). The lowest BCUT2D eigenvalue weighted by molar-refractivity contribution is 0.628. The fraction of sp³-hybridized carbons (Fsp3) is 0.111. The Hall–Kier alpha value is -0.730. The van der Waals surface area contributed by atoms with Gasteiger partial charge in [0, 0.05) is 16.3 Å². The van der Waals surface area contributed by atoms with Crippen molar-refractivity contribution in [2.45, 2.75) is 0 Å². The van der Waals surface area contributed by atoms with Gasteiger partial charge in [-0.1, -0.05) is 23.2 Å². The molecule has 1 aromatic carbocycles. The van der Waals surface area contributed by atoms with Crippen LogP contribution in [-0.4, -0.2) is 6.54 Å². The van der Waals surface area contributed by atoms with E-state index in [2.05, 4.69) is 5.32 Å². The molecule has 1 aromatic rings. The average Bonchev–Trinajstić information content (AvgIpc) is 2.16. The molecule has 70 valence electrons. The number of halogens is 3. The zero-order valence-corrected chi connectivity index (χ0v) is 8.24. The average molecular weight is 220 g/mol. The van der Waals surface area contributed by atoms with Crippen LogP contribution >= 0.6 is 23.2 Å². The van der Waals surface area contributed by atoms with Gasteiger partial charge >= 0.3 is 0 Å². The number of hydrogen-bond donors (Lipinski definition) is 1. The Balaban J connectivity index is 2.51. The van der Waals surface area contributed by atoms with Crippen molar-refractivity contribution in [3.05, 3.63) is 40.7 Å². The predicted molar refractivity (Wildman–Crippen MR) is 54.7 cm³/mol. The molecule has 0 aromatic heterocycles. The Morgan fingerprint density at radius 1 is 1.38 bits per heavy atom. The summed E-state index contributed by atoms with van der Waals surface area (Å²) in [6.07, 6.45) is 0. The molecule has 1 nitrogen and oxygen atoms in total. The molecule has 0 saturated heterocycles. The largest absolute Gasteiger partial charge is 0.380 e. The highest BCUT2D eigenvalue weighted by Gasteiger charge is 1.93. The highest BCUT2D eigenvalue weighted by atomic mass is 35.5. The molecule has 0 heterocycles. The van der Waals surface area contributed by atoms with Crippen LogP contribution in [0.4, 0.5) is 10.1 Å². The van der Waals surface area contributed by atoms with Crippen LogP contribution < -0.4 is 5.32 Å². The van der Waals surface area contributed by atoms with Crippen LogP contribution in [0, 0.1) is 5.82 Å². The molecular weight excluding hydrogens is 212 g/mol. The first-order chi connectivity index (χ1) is 6.22. The first-order valence-electron chi connectivity index (χ1n) is 3.66. The summed E-state index contributed by atoms with van der Waals surface area (Å²) in [5.41, 5.74) is 2.09. The molecule has 0 aliphatic heterocycles. The van der Waals surface area contributed by atoms with Crippen molar-refractivity contribution in [3.63, 3.8) is 0 Å². The number of rotatable bonds is 3. The van der Waals surface area contributed by atoms with Crippen LogP contribution in [0.1, 0.15) is 0 Å². The quantitative estimate of drug-likeness (QED) is 0.821. The van der Waals surface area contributed by atoms with E-state index in [-0.39, 0.29) is 5.82 Å². The smallest absolute Gasteiger partial charge is 0.123 e. The molecule has 0 fully saturated rings. The SMILES string of the molecule is Fc1ccc(NCC(Cl)=CCl)cc1. The molecule has 0 unspecified atom stereocenters. The Labute approximate surface area is 86.2 Å². The molecular formula is C9H8Cl2FN. The number of anilines is 1. The normalized spacial score (nSPS) is 11.5.